The Balaban J connectivity index is 1.77. The second-order valence-electron chi connectivity index (χ2n) is 9.58. The van der Waals surface area contributed by atoms with Crippen molar-refractivity contribution in [3.8, 4) is 6.07 Å². The SMILES string of the molecule is N#CC1(C(N)=O)CC1[C@]1(C(=O)O)C[C@@H](S(=O)(=O)c2ccccc2C(F)(F)F)C[C@H]1OCc1ccc(Cl)cc1. The number of hydrogen-bond donors (Lipinski definition) is 2. The van der Waals surface area contributed by atoms with Gasteiger partial charge in [-0.15, -0.1) is 0 Å². The van der Waals surface area contributed by atoms with Crippen LogP contribution >= 0.6 is 11.6 Å². The number of alkyl halides is 3. The molecule has 0 aromatic heterocycles. The average Bonchev–Trinajstić information content (AvgIpc) is 3.49. The van der Waals surface area contributed by atoms with Crippen molar-refractivity contribution < 1.29 is 41.0 Å². The zero-order valence-electron chi connectivity index (χ0n) is 19.6. The summed E-state index contributed by atoms with van der Waals surface area (Å²) < 4.78 is 74.0. The third-order valence-corrected chi connectivity index (χ3v) is 10.00. The molecule has 5 atom stereocenters. The highest BCUT2D eigenvalue weighted by Crippen LogP contribution is 2.67. The predicted molar refractivity (Wildman–Crippen MR) is 127 cm³/mol. The molecule has 0 heterocycles. The molecule has 0 spiro atoms. The molecule has 13 heteroatoms. The Bertz CT molecular complexity index is 1430. The molecule has 2 saturated carbocycles. The van der Waals surface area contributed by atoms with Gasteiger partial charge in [0, 0.05) is 10.9 Å². The number of nitriles is 1. The lowest BCUT2D eigenvalue weighted by Crippen LogP contribution is -2.45. The van der Waals surface area contributed by atoms with Crippen LogP contribution in [0.25, 0.3) is 0 Å². The van der Waals surface area contributed by atoms with E-state index in [-0.39, 0.29) is 13.0 Å². The molecule has 202 valence electrons. The van der Waals surface area contributed by atoms with E-state index < -0.39 is 79.3 Å². The molecule has 2 aromatic carbocycles. The molecule has 38 heavy (non-hydrogen) atoms. The molecule has 8 nitrogen and oxygen atoms in total. The van der Waals surface area contributed by atoms with Gasteiger partial charge in [-0.1, -0.05) is 35.9 Å². The number of nitrogens with two attached hydrogens (primary N) is 1. The summed E-state index contributed by atoms with van der Waals surface area (Å²) in [4.78, 5) is 23.9. The normalized spacial score (nSPS) is 29.0. The van der Waals surface area contributed by atoms with Crippen molar-refractivity contribution in [2.45, 2.75) is 48.3 Å². The van der Waals surface area contributed by atoms with Gasteiger partial charge in [0.2, 0.25) is 5.91 Å². The summed E-state index contributed by atoms with van der Waals surface area (Å²) in [6.07, 6.45) is -7.70. The largest absolute Gasteiger partial charge is 0.481 e. The van der Waals surface area contributed by atoms with Crippen LogP contribution in [-0.2, 0) is 36.9 Å². The highest BCUT2D eigenvalue weighted by Gasteiger charge is 2.75. The quantitative estimate of drug-likeness (QED) is 0.488. The first-order chi connectivity index (χ1) is 17.7. The summed E-state index contributed by atoms with van der Waals surface area (Å²) in [5.74, 6) is -3.78. The number of rotatable bonds is 8. The summed E-state index contributed by atoms with van der Waals surface area (Å²) in [6.45, 7) is -0.175. The number of hydrogen-bond acceptors (Lipinski definition) is 6. The van der Waals surface area contributed by atoms with Crippen molar-refractivity contribution >= 4 is 33.3 Å². The van der Waals surface area contributed by atoms with E-state index in [9.17, 15) is 41.5 Å². The number of benzene rings is 2. The Morgan fingerprint density at radius 1 is 1.16 bits per heavy atom. The van der Waals surface area contributed by atoms with Gasteiger partial charge in [0.15, 0.2) is 9.84 Å². The standard InChI is InChI=1S/C25H22ClF3N2O6S/c26-15-7-5-14(6-8-15)12-37-20-9-16(38(35,36)18-4-2-1-3-17(18)25(27,28)29)10-24(20,22(33)34)19-11-23(19,13-30)21(31)32/h1-8,16,19-20H,9-12H2,(H2,31,32)(H,33,34)/t16-,19?,20+,23?,24+/m0/s1. The fraction of sp³-hybridized carbons (Fsp3) is 0.400. The number of nitrogens with zero attached hydrogens (tertiary/aromatic N) is 1. The lowest BCUT2D eigenvalue weighted by Gasteiger charge is -2.32. The molecule has 0 bridgehead atoms. The molecule has 0 radical (unpaired) electrons. The first-order valence-corrected chi connectivity index (χ1v) is 13.3. The number of carboxylic acids is 1. The molecule has 0 saturated heterocycles. The van der Waals surface area contributed by atoms with Gasteiger partial charge in [-0.3, -0.25) is 9.59 Å². The smallest absolute Gasteiger partial charge is 0.417 e. The second kappa shape index (κ2) is 9.55. The maximum atomic E-state index is 13.7. The molecule has 3 N–H and O–H groups in total. The van der Waals surface area contributed by atoms with Gasteiger partial charge in [-0.25, -0.2) is 8.42 Å². The molecule has 4 rings (SSSR count). The zero-order valence-corrected chi connectivity index (χ0v) is 21.2. The summed E-state index contributed by atoms with van der Waals surface area (Å²) >= 11 is 5.89. The molecule has 2 aromatic rings. The number of carbonyl (C=O) groups is 2. The van der Waals surface area contributed by atoms with Crippen LogP contribution in [-0.4, -0.2) is 36.8 Å². The van der Waals surface area contributed by atoms with E-state index in [1.165, 1.54) is 0 Å². The number of carboxylic acid groups (broad SMARTS) is 1. The molecule has 1 amide bonds. The van der Waals surface area contributed by atoms with Crippen molar-refractivity contribution in [3.63, 3.8) is 0 Å². The van der Waals surface area contributed by atoms with Gasteiger partial charge < -0.3 is 15.6 Å². The second-order valence-corrected chi connectivity index (χ2v) is 12.2. The first-order valence-electron chi connectivity index (χ1n) is 11.4. The van der Waals surface area contributed by atoms with Crippen LogP contribution in [0.1, 0.15) is 30.4 Å². The summed E-state index contributed by atoms with van der Waals surface area (Å²) in [5, 5.41) is 18.9. The number of halogens is 4. The van der Waals surface area contributed by atoms with Crippen LogP contribution in [0.15, 0.2) is 53.4 Å². The molecule has 2 fully saturated rings. The van der Waals surface area contributed by atoms with E-state index in [4.69, 9.17) is 22.1 Å². The van der Waals surface area contributed by atoms with Gasteiger partial charge in [0.25, 0.3) is 0 Å². The fourth-order valence-electron chi connectivity index (χ4n) is 5.48. The minimum Gasteiger partial charge on any atom is -0.481 e. The molecule has 2 unspecified atom stereocenters. The molecular formula is C25H22ClF3N2O6S. The topological polar surface area (TPSA) is 148 Å². The van der Waals surface area contributed by atoms with Gasteiger partial charge in [-0.2, -0.15) is 18.4 Å². The summed E-state index contributed by atoms with van der Waals surface area (Å²) in [5.41, 5.74) is 0.683. The third kappa shape index (κ3) is 4.52. The monoisotopic (exact) mass is 570 g/mol. The number of carbonyl (C=O) groups excluding carboxylic acids is 1. The molecule has 2 aliphatic carbocycles. The number of aliphatic carboxylic acids is 1. The maximum Gasteiger partial charge on any atom is 0.417 e. The van der Waals surface area contributed by atoms with Crippen LogP contribution < -0.4 is 5.73 Å². The number of ether oxygens (including phenoxy) is 1. The van der Waals surface area contributed by atoms with Crippen molar-refractivity contribution in [1.29, 1.82) is 5.26 Å². The van der Waals surface area contributed by atoms with Crippen LogP contribution in [0.3, 0.4) is 0 Å². The fourth-order valence-corrected chi connectivity index (χ4v) is 7.64. The van der Waals surface area contributed by atoms with Gasteiger partial charge >= 0.3 is 12.1 Å². The first kappa shape index (κ1) is 27.9. The maximum absolute atomic E-state index is 13.7. The van der Waals surface area contributed by atoms with Crippen molar-refractivity contribution in [3.05, 3.63) is 64.7 Å². The Hall–Kier alpha value is -3.14. The van der Waals surface area contributed by atoms with E-state index >= 15 is 0 Å². The van der Waals surface area contributed by atoms with Crippen molar-refractivity contribution in [2.24, 2.45) is 22.5 Å². The lowest BCUT2D eigenvalue weighted by molar-refractivity contribution is -0.161. The van der Waals surface area contributed by atoms with E-state index in [0.29, 0.717) is 16.7 Å². The average molecular weight is 571 g/mol. The van der Waals surface area contributed by atoms with Crippen LogP contribution in [0.2, 0.25) is 5.02 Å². The summed E-state index contributed by atoms with van der Waals surface area (Å²) in [6, 6.07) is 11.8. The minimum atomic E-state index is -4.98. The predicted octanol–water partition coefficient (Wildman–Crippen LogP) is 3.97. The van der Waals surface area contributed by atoms with Gasteiger partial charge in [0.1, 0.15) is 10.8 Å². The Morgan fingerprint density at radius 3 is 2.32 bits per heavy atom. The Morgan fingerprint density at radius 2 is 1.79 bits per heavy atom. The minimum absolute atomic E-state index is 0.175. The highest BCUT2D eigenvalue weighted by molar-refractivity contribution is 7.92. The molecule has 2 aliphatic rings. The lowest BCUT2D eigenvalue weighted by atomic mass is 9.75. The van der Waals surface area contributed by atoms with Crippen LogP contribution in [0.5, 0.6) is 0 Å². The van der Waals surface area contributed by atoms with Crippen LogP contribution in [0, 0.1) is 28.1 Å². The zero-order chi connectivity index (χ0) is 28.1. The van der Waals surface area contributed by atoms with E-state index in [1.807, 2.05) is 0 Å². The van der Waals surface area contributed by atoms with Gasteiger partial charge in [-0.05, 0) is 49.1 Å². The Kier molecular flexibility index (Phi) is 7.01. The number of sulfone groups is 1. The number of primary amides is 1. The highest BCUT2D eigenvalue weighted by atomic mass is 35.5. The van der Waals surface area contributed by atoms with Crippen molar-refractivity contribution in [1.82, 2.24) is 0 Å². The van der Waals surface area contributed by atoms with Crippen LogP contribution in [0.4, 0.5) is 13.2 Å². The summed E-state index contributed by atoms with van der Waals surface area (Å²) in [7, 11) is -4.73. The molecule has 0 aliphatic heterocycles. The molecular weight excluding hydrogens is 549 g/mol. The third-order valence-electron chi connectivity index (χ3n) is 7.54. The van der Waals surface area contributed by atoms with Gasteiger partial charge in [0.05, 0.1) is 34.5 Å². The Labute approximate surface area is 221 Å². The van der Waals surface area contributed by atoms with E-state index in [1.54, 1.807) is 30.3 Å². The van der Waals surface area contributed by atoms with E-state index in [0.717, 1.165) is 18.2 Å². The van der Waals surface area contributed by atoms with Crippen molar-refractivity contribution in [2.75, 3.05) is 0 Å². The number of amides is 1. The van der Waals surface area contributed by atoms with E-state index in [2.05, 4.69) is 0 Å².